The molecule has 2 atom stereocenters. The largest absolute Gasteiger partial charge is 0.324 e. The molecule has 1 aromatic carbocycles. The van der Waals surface area contributed by atoms with Gasteiger partial charge in [0, 0.05) is 18.9 Å². The molecule has 0 aromatic heterocycles. The van der Waals surface area contributed by atoms with Gasteiger partial charge in [0.2, 0.25) is 5.92 Å². The molecule has 0 radical (unpaired) electrons. The third-order valence-corrected chi connectivity index (χ3v) is 3.72. The minimum absolute atomic E-state index is 0.0283. The third kappa shape index (κ3) is 3.05. The maximum absolute atomic E-state index is 13.1. The summed E-state index contributed by atoms with van der Waals surface area (Å²) in [5, 5.41) is 0. The van der Waals surface area contributed by atoms with Gasteiger partial charge in [-0.25, -0.2) is 13.2 Å². The van der Waals surface area contributed by atoms with Crippen LogP contribution in [0, 0.1) is 18.7 Å². The van der Waals surface area contributed by atoms with Gasteiger partial charge < -0.3 is 5.73 Å². The number of rotatable bonds is 3. The van der Waals surface area contributed by atoms with E-state index in [4.69, 9.17) is 5.73 Å². The maximum atomic E-state index is 13.1. The van der Waals surface area contributed by atoms with Crippen molar-refractivity contribution in [3.05, 3.63) is 35.1 Å². The molecule has 0 heterocycles. The molecule has 1 aliphatic rings. The molecule has 1 fully saturated rings. The van der Waals surface area contributed by atoms with Crippen LogP contribution in [0.15, 0.2) is 18.2 Å². The van der Waals surface area contributed by atoms with Crippen LogP contribution < -0.4 is 5.73 Å². The van der Waals surface area contributed by atoms with E-state index in [-0.39, 0.29) is 30.6 Å². The van der Waals surface area contributed by atoms with E-state index in [1.54, 1.807) is 13.0 Å². The molecular weight excluding hydrogens is 239 g/mol. The number of hydrogen-bond donors (Lipinski definition) is 1. The topological polar surface area (TPSA) is 26.0 Å². The van der Waals surface area contributed by atoms with Crippen LogP contribution in [-0.2, 0) is 0 Å². The monoisotopic (exact) mass is 257 g/mol. The van der Waals surface area contributed by atoms with E-state index in [1.165, 1.54) is 12.1 Å². The van der Waals surface area contributed by atoms with Gasteiger partial charge in [-0.3, -0.25) is 0 Å². The van der Waals surface area contributed by atoms with Crippen LogP contribution in [0.5, 0.6) is 0 Å². The number of alkyl halides is 2. The molecule has 1 aliphatic carbocycles. The van der Waals surface area contributed by atoms with E-state index in [0.29, 0.717) is 12.8 Å². The molecule has 0 spiro atoms. The summed E-state index contributed by atoms with van der Waals surface area (Å²) < 4.78 is 39.2. The zero-order valence-corrected chi connectivity index (χ0v) is 10.4. The lowest BCUT2D eigenvalue weighted by Gasteiger charge is -2.18. The Morgan fingerprint density at radius 3 is 2.72 bits per heavy atom. The predicted molar refractivity (Wildman–Crippen MR) is 65.0 cm³/mol. The zero-order valence-electron chi connectivity index (χ0n) is 10.4. The summed E-state index contributed by atoms with van der Waals surface area (Å²) in [6.07, 6.45) is 0.969. The van der Waals surface area contributed by atoms with Gasteiger partial charge in [0.05, 0.1) is 0 Å². The first kappa shape index (κ1) is 13.4. The van der Waals surface area contributed by atoms with Crippen molar-refractivity contribution in [3.8, 4) is 0 Å². The normalized spacial score (nSPS) is 24.2. The van der Waals surface area contributed by atoms with Crippen molar-refractivity contribution < 1.29 is 13.2 Å². The van der Waals surface area contributed by atoms with Crippen molar-refractivity contribution in [2.75, 3.05) is 0 Å². The highest BCUT2D eigenvalue weighted by atomic mass is 19.3. The van der Waals surface area contributed by atoms with Crippen LogP contribution in [-0.4, -0.2) is 5.92 Å². The van der Waals surface area contributed by atoms with Gasteiger partial charge >= 0.3 is 0 Å². The molecule has 0 aliphatic heterocycles. The lowest BCUT2D eigenvalue weighted by Crippen LogP contribution is -2.17. The SMILES string of the molecule is Cc1cc(F)ccc1C(N)CC1CCC(F)(F)C1. The zero-order chi connectivity index (χ0) is 13.3. The van der Waals surface area contributed by atoms with Crippen LogP contribution >= 0.6 is 0 Å². The molecule has 0 saturated heterocycles. The van der Waals surface area contributed by atoms with Crippen molar-refractivity contribution in [2.24, 2.45) is 11.7 Å². The Morgan fingerprint density at radius 1 is 1.44 bits per heavy atom. The predicted octanol–water partition coefficient (Wildman–Crippen LogP) is 3.96. The fraction of sp³-hybridized carbons (Fsp3) is 0.571. The average Bonchev–Trinajstić information content (AvgIpc) is 2.57. The van der Waals surface area contributed by atoms with Crippen LogP contribution in [0.2, 0.25) is 0 Å². The average molecular weight is 257 g/mol. The van der Waals surface area contributed by atoms with Crippen molar-refractivity contribution in [2.45, 2.75) is 44.6 Å². The molecule has 4 heteroatoms. The molecule has 1 aromatic rings. The van der Waals surface area contributed by atoms with Gasteiger partial charge in [-0.15, -0.1) is 0 Å². The minimum Gasteiger partial charge on any atom is -0.324 e. The van der Waals surface area contributed by atoms with Crippen LogP contribution in [0.4, 0.5) is 13.2 Å². The highest BCUT2D eigenvalue weighted by molar-refractivity contribution is 5.29. The number of hydrogen-bond acceptors (Lipinski definition) is 1. The quantitative estimate of drug-likeness (QED) is 0.871. The molecule has 100 valence electrons. The smallest absolute Gasteiger partial charge is 0.248 e. The summed E-state index contributed by atoms with van der Waals surface area (Å²) in [5.41, 5.74) is 7.68. The molecule has 1 saturated carbocycles. The Bertz CT molecular complexity index is 431. The van der Waals surface area contributed by atoms with E-state index in [2.05, 4.69) is 0 Å². The second kappa shape index (κ2) is 4.92. The second-order valence-corrected chi connectivity index (χ2v) is 5.31. The number of benzene rings is 1. The van der Waals surface area contributed by atoms with Crippen LogP contribution in [0.25, 0.3) is 0 Å². The van der Waals surface area contributed by atoms with Gasteiger partial charge in [0.25, 0.3) is 0 Å². The summed E-state index contributed by atoms with van der Waals surface area (Å²) in [5.74, 6) is -2.85. The molecule has 1 nitrogen and oxygen atoms in total. The van der Waals surface area contributed by atoms with Gasteiger partial charge in [0.15, 0.2) is 0 Å². The number of aryl methyl sites for hydroxylation is 1. The van der Waals surface area contributed by atoms with Gasteiger partial charge in [-0.05, 0) is 48.9 Å². The molecule has 2 unspecified atom stereocenters. The molecule has 18 heavy (non-hydrogen) atoms. The Hall–Kier alpha value is -1.03. The first-order chi connectivity index (χ1) is 8.37. The van der Waals surface area contributed by atoms with Crippen molar-refractivity contribution >= 4 is 0 Å². The van der Waals surface area contributed by atoms with Gasteiger partial charge in [-0.2, -0.15) is 0 Å². The Labute approximate surface area is 105 Å². The molecule has 2 rings (SSSR count). The van der Waals surface area contributed by atoms with Crippen LogP contribution in [0.1, 0.15) is 42.9 Å². The first-order valence-electron chi connectivity index (χ1n) is 6.27. The molecular formula is C14H18F3N. The highest BCUT2D eigenvalue weighted by Crippen LogP contribution is 2.42. The van der Waals surface area contributed by atoms with E-state index < -0.39 is 5.92 Å². The van der Waals surface area contributed by atoms with Gasteiger partial charge in [0.1, 0.15) is 5.82 Å². The van der Waals surface area contributed by atoms with E-state index in [1.807, 2.05) is 0 Å². The summed E-state index contributed by atoms with van der Waals surface area (Å²) in [6, 6.07) is 4.16. The maximum Gasteiger partial charge on any atom is 0.248 e. The lowest BCUT2D eigenvalue weighted by atomic mass is 9.92. The van der Waals surface area contributed by atoms with E-state index in [9.17, 15) is 13.2 Å². The molecule has 0 amide bonds. The first-order valence-corrected chi connectivity index (χ1v) is 6.27. The summed E-state index contributed by atoms with van der Waals surface area (Å²) in [7, 11) is 0. The Kier molecular flexibility index (Phi) is 3.66. The molecule has 0 bridgehead atoms. The standard InChI is InChI=1S/C14H18F3N/c1-9-6-11(15)2-3-12(9)13(18)7-10-4-5-14(16,17)8-10/h2-3,6,10,13H,4-5,7-8,18H2,1H3. The van der Waals surface area contributed by atoms with Crippen molar-refractivity contribution in [3.63, 3.8) is 0 Å². The Morgan fingerprint density at radius 2 is 2.17 bits per heavy atom. The number of nitrogens with two attached hydrogens (primary N) is 1. The highest BCUT2D eigenvalue weighted by Gasteiger charge is 2.39. The van der Waals surface area contributed by atoms with Gasteiger partial charge in [-0.1, -0.05) is 6.07 Å². The summed E-state index contributed by atoms with van der Waals surface area (Å²) in [6.45, 7) is 1.79. The van der Waals surface area contributed by atoms with E-state index >= 15 is 0 Å². The van der Waals surface area contributed by atoms with E-state index in [0.717, 1.165) is 11.1 Å². The van der Waals surface area contributed by atoms with Crippen molar-refractivity contribution in [1.82, 2.24) is 0 Å². The lowest BCUT2D eigenvalue weighted by molar-refractivity contribution is 0.00446. The number of halogens is 3. The third-order valence-electron chi connectivity index (χ3n) is 3.72. The fourth-order valence-electron chi connectivity index (χ4n) is 2.78. The fourth-order valence-corrected chi connectivity index (χ4v) is 2.78. The van der Waals surface area contributed by atoms with Crippen molar-refractivity contribution in [1.29, 1.82) is 0 Å². The Balaban J connectivity index is 2.02. The van der Waals surface area contributed by atoms with Crippen LogP contribution in [0.3, 0.4) is 0 Å². The molecule has 2 N–H and O–H groups in total. The summed E-state index contributed by atoms with van der Waals surface area (Å²) in [4.78, 5) is 0. The minimum atomic E-state index is -2.53. The second-order valence-electron chi connectivity index (χ2n) is 5.31. The summed E-state index contributed by atoms with van der Waals surface area (Å²) >= 11 is 0.